The first-order valence-electron chi connectivity index (χ1n) is 9.86. The number of halogens is 1. The second-order valence-electron chi connectivity index (χ2n) is 7.97. The topological polar surface area (TPSA) is 106 Å². The summed E-state index contributed by atoms with van der Waals surface area (Å²) in [6.45, 7) is 0.141. The first-order chi connectivity index (χ1) is 14.9. The average Bonchev–Trinajstić information content (AvgIpc) is 3.29. The largest absolute Gasteiger partial charge is 0.339 e. The van der Waals surface area contributed by atoms with Crippen molar-refractivity contribution in [3.8, 4) is 11.4 Å². The van der Waals surface area contributed by atoms with E-state index in [-0.39, 0.29) is 37.1 Å². The molecule has 4 heterocycles. The van der Waals surface area contributed by atoms with Crippen LogP contribution in [-0.4, -0.2) is 57.9 Å². The fraction of sp³-hybridized carbons (Fsp3) is 0.333. The molecule has 3 aromatic rings. The third-order valence-electron chi connectivity index (χ3n) is 6.12. The molecule has 0 radical (unpaired) electrons. The molecule has 2 aliphatic rings. The minimum absolute atomic E-state index is 0.0105. The average molecular weight is 442 g/mol. The minimum Gasteiger partial charge on any atom is -0.339 e. The Morgan fingerprint density at radius 3 is 2.74 bits per heavy atom. The normalized spacial score (nSPS) is 21.2. The van der Waals surface area contributed by atoms with Gasteiger partial charge in [0.05, 0.1) is 18.1 Å². The Balaban J connectivity index is 1.36. The lowest BCUT2D eigenvalue weighted by Gasteiger charge is -2.49. The van der Waals surface area contributed by atoms with Crippen molar-refractivity contribution in [2.24, 2.45) is 0 Å². The van der Waals surface area contributed by atoms with Gasteiger partial charge in [-0.3, -0.25) is 9.78 Å². The van der Waals surface area contributed by atoms with Crippen molar-refractivity contribution >= 4 is 15.7 Å². The van der Waals surface area contributed by atoms with Gasteiger partial charge in [0.25, 0.3) is 0 Å². The Morgan fingerprint density at radius 1 is 1.23 bits per heavy atom. The Labute approximate surface area is 178 Å². The zero-order valence-corrected chi connectivity index (χ0v) is 17.3. The minimum atomic E-state index is -3.44. The van der Waals surface area contributed by atoms with E-state index >= 15 is 0 Å². The summed E-state index contributed by atoms with van der Waals surface area (Å²) < 4.78 is 43.5. The van der Waals surface area contributed by atoms with Gasteiger partial charge in [-0.2, -0.15) is 4.98 Å². The SMILES string of the molecule is O=C(Cc1cccc(F)c1)N1CC2(C1)C(c1nc(-c3ccncc3)no1)CCS2(=O)=O. The molecule has 2 aliphatic heterocycles. The molecule has 0 aliphatic carbocycles. The van der Waals surface area contributed by atoms with Crippen LogP contribution < -0.4 is 0 Å². The number of sulfone groups is 1. The number of hydrogen-bond acceptors (Lipinski definition) is 7. The maximum Gasteiger partial charge on any atom is 0.231 e. The van der Waals surface area contributed by atoms with Crippen molar-refractivity contribution in [2.75, 3.05) is 18.8 Å². The second kappa shape index (κ2) is 7.23. The smallest absolute Gasteiger partial charge is 0.231 e. The highest BCUT2D eigenvalue weighted by atomic mass is 32.2. The van der Waals surface area contributed by atoms with Crippen molar-refractivity contribution < 1.29 is 22.1 Å². The van der Waals surface area contributed by atoms with E-state index in [2.05, 4.69) is 15.1 Å². The monoisotopic (exact) mass is 442 g/mol. The van der Waals surface area contributed by atoms with Gasteiger partial charge in [-0.15, -0.1) is 0 Å². The van der Waals surface area contributed by atoms with Crippen LogP contribution in [0, 0.1) is 5.82 Å². The van der Waals surface area contributed by atoms with Gasteiger partial charge in [0.1, 0.15) is 10.6 Å². The highest BCUT2D eigenvalue weighted by molar-refractivity contribution is 7.93. The number of carbonyl (C=O) groups excluding carboxylic acids is 1. The van der Waals surface area contributed by atoms with Gasteiger partial charge >= 0.3 is 0 Å². The molecule has 0 saturated carbocycles. The summed E-state index contributed by atoms with van der Waals surface area (Å²) in [5, 5.41) is 4.00. The van der Waals surface area contributed by atoms with Crippen molar-refractivity contribution in [2.45, 2.75) is 23.5 Å². The molecule has 31 heavy (non-hydrogen) atoms. The molecule has 0 N–H and O–H groups in total. The summed E-state index contributed by atoms with van der Waals surface area (Å²) in [5.74, 6) is -0.472. The quantitative estimate of drug-likeness (QED) is 0.608. The van der Waals surface area contributed by atoms with Gasteiger partial charge in [-0.05, 0) is 36.2 Å². The Kier molecular flexibility index (Phi) is 4.62. The Bertz CT molecular complexity index is 1240. The van der Waals surface area contributed by atoms with Crippen molar-refractivity contribution in [1.29, 1.82) is 0 Å². The summed E-state index contributed by atoms with van der Waals surface area (Å²) in [7, 11) is -3.44. The summed E-state index contributed by atoms with van der Waals surface area (Å²) in [6.07, 6.45) is 3.61. The zero-order valence-electron chi connectivity index (χ0n) is 16.4. The fourth-order valence-corrected chi connectivity index (χ4v) is 6.74. The van der Waals surface area contributed by atoms with Crippen LogP contribution in [0.5, 0.6) is 0 Å². The van der Waals surface area contributed by atoms with Crippen molar-refractivity contribution in [3.63, 3.8) is 0 Å². The van der Waals surface area contributed by atoms with E-state index in [1.807, 2.05) is 0 Å². The molecule has 1 unspecified atom stereocenters. The van der Waals surface area contributed by atoms with Gasteiger partial charge < -0.3 is 9.42 Å². The van der Waals surface area contributed by atoms with Gasteiger partial charge in [-0.25, -0.2) is 12.8 Å². The molecule has 0 bridgehead atoms. The fourth-order valence-electron chi connectivity index (χ4n) is 4.43. The molecule has 2 aromatic heterocycles. The molecule has 10 heteroatoms. The number of amides is 1. The maximum atomic E-state index is 13.4. The van der Waals surface area contributed by atoms with Gasteiger partial charge in [0.2, 0.25) is 17.6 Å². The van der Waals surface area contributed by atoms with E-state index in [4.69, 9.17) is 4.52 Å². The number of pyridine rings is 1. The number of nitrogens with zero attached hydrogens (tertiary/aromatic N) is 4. The number of rotatable bonds is 4. The van der Waals surface area contributed by atoms with Crippen LogP contribution >= 0.6 is 0 Å². The van der Waals surface area contributed by atoms with Crippen LogP contribution in [0.3, 0.4) is 0 Å². The molecule has 160 valence electrons. The molecule has 2 fully saturated rings. The van der Waals surface area contributed by atoms with Crippen LogP contribution in [-0.2, 0) is 21.1 Å². The lowest BCUT2D eigenvalue weighted by molar-refractivity contribution is -0.136. The standard InChI is InChI=1S/C21H19FN4O4S/c22-16-3-1-2-14(10-16)11-18(27)26-12-21(13-26)17(6-9-31(21,28)29)20-24-19(25-30-20)15-4-7-23-8-5-15/h1-5,7-8,10,17H,6,9,11-13H2. The van der Waals surface area contributed by atoms with E-state index in [0.717, 1.165) is 5.56 Å². The second-order valence-corrected chi connectivity index (χ2v) is 10.4. The van der Waals surface area contributed by atoms with Gasteiger partial charge in [0, 0.05) is 31.0 Å². The molecular formula is C21H19FN4O4S. The predicted molar refractivity (Wildman–Crippen MR) is 108 cm³/mol. The molecule has 8 nitrogen and oxygen atoms in total. The van der Waals surface area contributed by atoms with Crippen molar-refractivity contribution in [1.82, 2.24) is 20.0 Å². The molecule has 2 saturated heterocycles. The molecular weight excluding hydrogens is 423 g/mol. The molecule has 1 spiro atoms. The number of hydrogen-bond donors (Lipinski definition) is 0. The highest BCUT2D eigenvalue weighted by Crippen LogP contribution is 2.49. The summed E-state index contributed by atoms with van der Waals surface area (Å²) in [4.78, 5) is 22.5. The third kappa shape index (κ3) is 3.31. The van der Waals surface area contributed by atoms with Crippen LogP contribution in [0.4, 0.5) is 4.39 Å². The van der Waals surface area contributed by atoms with Crippen molar-refractivity contribution in [3.05, 3.63) is 66.1 Å². The lowest BCUT2D eigenvalue weighted by Crippen LogP contribution is -2.67. The zero-order chi connectivity index (χ0) is 21.6. The van der Waals surface area contributed by atoms with Crippen LogP contribution in [0.2, 0.25) is 0 Å². The number of aromatic nitrogens is 3. The number of likely N-dealkylation sites (tertiary alicyclic amines) is 1. The molecule has 1 atom stereocenters. The van der Waals surface area contributed by atoms with E-state index in [0.29, 0.717) is 17.8 Å². The maximum absolute atomic E-state index is 13.4. The van der Waals surface area contributed by atoms with Gasteiger partial charge in [0.15, 0.2) is 9.84 Å². The molecule has 1 aromatic carbocycles. The lowest BCUT2D eigenvalue weighted by atomic mass is 9.82. The Hall–Kier alpha value is -3.14. The van der Waals surface area contributed by atoms with E-state index in [9.17, 15) is 17.6 Å². The third-order valence-corrected chi connectivity index (χ3v) is 8.68. The number of carbonyl (C=O) groups is 1. The van der Waals surface area contributed by atoms with E-state index in [1.165, 1.54) is 17.0 Å². The number of benzene rings is 1. The Morgan fingerprint density at radius 2 is 2.00 bits per heavy atom. The summed E-state index contributed by atoms with van der Waals surface area (Å²) in [5.41, 5.74) is 1.27. The summed E-state index contributed by atoms with van der Waals surface area (Å²) >= 11 is 0. The van der Waals surface area contributed by atoms with Gasteiger partial charge in [-0.1, -0.05) is 17.3 Å². The van der Waals surface area contributed by atoms with Crippen LogP contribution in [0.15, 0.2) is 53.3 Å². The summed E-state index contributed by atoms with van der Waals surface area (Å²) in [6, 6.07) is 9.32. The van der Waals surface area contributed by atoms with Crippen LogP contribution in [0.25, 0.3) is 11.4 Å². The molecule has 1 amide bonds. The first-order valence-corrected chi connectivity index (χ1v) is 11.5. The van der Waals surface area contributed by atoms with E-state index in [1.54, 1.807) is 36.7 Å². The highest BCUT2D eigenvalue weighted by Gasteiger charge is 2.64. The predicted octanol–water partition coefficient (Wildman–Crippen LogP) is 2.00. The first kappa shape index (κ1) is 19.8. The van der Waals surface area contributed by atoms with Crippen LogP contribution in [0.1, 0.15) is 23.8 Å². The molecule has 5 rings (SSSR count). The van der Waals surface area contributed by atoms with E-state index < -0.39 is 26.3 Å².